The van der Waals surface area contributed by atoms with Crippen LogP contribution < -0.4 is 4.74 Å². The Morgan fingerprint density at radius 2 is 0.342 bits per heavy atom. The van der Waals surface area contributed by atoms with Crippen LogP contribution in [0.1, 0.15) is 424 Å². The molecule has 0 heterocycles. The average molecular weight is 2260 g/mol. The third-order valence-corrected chi connectivity index (χ3v) is 28.6. The fourth-order valence-electron chi connectivity index (χ4n) is 15.5. The molecule has 0 unspecified atom stereocenters. The van der Waals surface area contributed by atoms with Crippen LogP contribution in [0.5, 0.6) is 5.75 Å². The first-order valence-corrected chi connectivity index (χ1v) is 61.8. The zero-order valence-corrected chi connectivity index (χ0v) is 89.7. The van der Waals surface area contributed by atoms with Gasteiger partial charge in [0.2, 0.25) is 40.7 Å². The van der Waals surface area contributed by atoms with E-state index in [2.05, 4.69) is 42.7 Å². The Balaban J connectivity index is -0.000000882. The van der Waals surface area contributed by atoms with E-state index in [0.29, 0.717) is 57.7 Å². The van der Waals surface area contributed by atoms with Crippen LogP contribution in [-0.4, -0.2) is 132 Å². The minimum Gasteiger partial charge on any atom is -0.487 e. The summed E-state index contributed by atoms with van der Waals surface area (Å²) in [6.45, 7) is 3.50. The molecule has 5 aromatic carbocycles. The molecule has 0 saturated heterocycles. The van der Waals surface area contributed by atoms with Crippen LogP contribution in [0.3, 0.4) is 0 Å². The van der Waals surface area contributed by atoms with Crippen molar-refractivity contribution >= 4 is 44.0 Å². The van der Waals surface area contributed by atoms with E-state index in [-0.39, 0.29) is 74.2 Å². The normalized spacial score (nSPS) is 11.6. The summed E-state index contributed by atoms with van der Waals surface area (Å²) in [5.41, 5.74) is 0.581. The molecule has 40 heteroatoms. The van der Waals surface area contributed by atoms with Crippen molar-refractivity contribution in [3.05, 3.63) is 170 Å². The first-order chi connectivity index (χ1) is 69.1. The Morgan fingerprint density at radius 3 is 0.537 bits per heavy atom. The van der Waals surface area contributed by atoms with Crippen molar-refractivity contribution in [2.75, 3.05) is 77.1 Å². The lowest BCUT2D eigenvalue weighted by Crippen LogP contribution is -2.09. The SMILES string of the molecule is C.C.C.C.C=P(O)(O)CCCCCCCCCCCOc1c(F)c(F)c(F)c(F)c1F.O=P(O)(O)CCCCCCCCCCCCCCCCCCCOCc1ccccc1.O=P(O)(O)CCCCCCCCCCCOCc1c(F)c(F)c(F)c(F)c1F.O=P(O)(O)CCCCCCCCCCCOCc1ccccc1.O=P(O)(O)CCCCCCCCCCOCCCCCCCCOCc1c(F)c(F)c(F)c(F)c1F. The lowest BCUT2D eigenvalue weighted by atomic mass is 10.0. The zero-order valence-electron chi connectivity index (χ0n) is 85.3. The topological polar surface area (TPSA) is 326 Å². The monoisotopic (exact) mass is 2260 g/mol. The van der Waals surface area contributed by atoms with Crippen LogP contribution in [-0.2, 0) is 68.4 Å². The molecule has 0 aliphatic rings. The van der Waals surface area contributed by atoms with Gasteiger partial charge in [-0.15, -0.1) is 0 Å². The van der Waals surface area contributed by atoms with E-state index in [9.17, 15) is 84.1 Å². The van der Waals surface area contributed by atoms with Gasteiger partial charge in [0, 0.05) is 70.5 Å². The Kier molecular flexibility index (Phi) is 95.7. The highest BCUT2D eigenvalue weighted by Crippen LogP contribution is 2.40. The summed E-state index contributed by atoms with van der Waals surface area (Å²) in [5, 5.41) is 0. The first kappa shape index (κ1) is 151. The standard InChI is InChI=1S/C26H47O4P.C25H40F5O5P.C18H26F5O4P.C18H26F5O3P.C18H31O4P.4CH4/c27-31(28,29)24-20-15-13-11-9-7-5-3-1-2-4-6-8-10-12-14-19-23-30-25-26-21-17-16-18-22-26;26-21-20(22(27)24(29)25(30)23(21)28)19-35-17-13-9-5-4-8-12-16-34-15-11-7-3-1-2-6-10-14-18-36(31,32)33;19-14-13(15(20)17(22)18(23)16(14)21)12-27-10-8-6-4-2-1-3-5-7-9-11-28(24,25)26;1-27(24,25)12-10-8-6-4-2-3-5-7-9-11-26-18-16(22)14(20)13(19)15(21)17(18)23;19-23(20,21)16-12-7-5-3-1-2-4-6-11-15-22-17-18-13-9-8-10-14-18;;;;/h16-18,21-22H,1-15,19-20,23-25H2,(H2,27,28,29);1-19H2,(H2,31,32,33);1-12H2,(H2,24,25,26);24-25H,1-12H2;8-10,13-14H,1-7,11-12,15-17H2,(H2,19,20,21);4*1H4. The van der Waals surface area contributed by atoms with E-state index >= 15 is 0 Å². The molecule has 0 radical (unpaired) electrons. The van der Waals surface area contributed by atoms with E-state index in [1.807, 2.05) is 24.3 Å². The lowest BCUT2D eigenvalue weighted by molar-refractivity contribution is 0.109. The number of halogens is 15. The molecule has 872 valence electrons. The van der Waals surface area contributed by atoms with Crippen molar-refractivity contribution in [2.45, 2.75) is 429 Å². The molecule has 20 nitrogen and oxygen atoms in total. The van der Waals surface area contributed by atoms with Gasteiger partial charge in [0.05, 0.1) is 44.2 Å². The minimum absolute atomic E-state index is 0. The number of unbranched alkanes of at least 4 members (excludes halogenated alkanes) is 52. The van der Waals surface area contributed by atoms with Crippen LogP contribution in [0.25, 0.3) is 0 Å². The minimum atomic E-state index is -3.89. The Hall–Kier alpha value is -4.53. The molecule has 0 aromatic heterocycles. The van der Waals surface area contributed by atoms with E-state index < -0.39 is 155 Å². The number of benzene rings is 5. The molecule has 5 rings (SSSR count). The first-order valence-electron chi connectivity index (χ1n) is 52.6. The number of hydrogen-bond acceptors (Lipinski definition) is 12. The van der Waals surface area contributed by atoms with Crippen molar-refractivity contribution in [2.24, 2.45) is 0 Å². The highest BCUT2D eigenvalue weighted by atomic mass is 31.2. The van der Waals surface area contributed by atoms with Gasteiger partial charge in [-0.2, -0.15) is 8.78 Å². The van der Waals surface area contributed by atoms with Crippen LogP contribution in [0.2, 0.25) is 0 Å². The maximum absolute atomic E-state index is 13.5. The predicted molar refractivity (Wildman–Crippen MR) is 572 cm³/mol. The van der Waals surface area contributed by atoms with E-state index in [1.54, 1.807) is 0 Å². The largest absolute Gasteiger partial charge is 0.487 e. The molecule has 0 spiro atoms. The Labute approximate surface area is 882 Å². The molecule has 0 saturated carbocycles. The predicted octanol–water partition coefficient (Wildman–Crippen LogP) is 34.1. The molecule has 10 N–H and O–H groups in total. The van der Waals surface area contributed by atoms with Crippen molar-refractivity contribution in [1.29, 1.82) is 0 Å². The average Bonchev–Trinajstić information content (AvgIpc) is 0.808. The lowest BCUT2D eigenvalue weighted by Gasteiger charge is -2.10. The quantitative estimate of drug-likeness (QED) is 0.00568. The zero-order chi connectivity index (χ0) is 108. The van der Waals surface area contributed by atoms with Crippen LogP contribution in [0.4, 0.5) is 65.9 Å². The Morgan fingerprint density at radius 1 is 0.188 bits per heavy atom. The summed E-state index contributed by atoms with van der Waals surface area (Å²) in [4.78, 5) is 88.4. The van der Waals surface area contributed by atoms with Gasteiger partial charge in [-0.25, -0.2) is 57.1 Å². The molecule has 0 bridgehead atoms. The number of rotatable bonds is 85. The smallest absolute Gasteiger partial charge is 0.325 e. The summed E-state index contributed by atoms with van der Waals surface area (Å²) in [6, 6.07) is 20.6. The van der Waals surface area contributed by atoms with Crippen molar-refractivity contribution < 1.29 is 161 Å². The fraction of sp³-hybridized carbons (Fsp3) is 0.716. The maximum Gasteiger partial charge on any atom is 0.325 e. The molecule has 0 aliphatic carbocycles. The summed E-state index contributed by atoms with van der Waals surface area (Å²) in [6.07, 6.45) is 63.6. The highest BCUT2D eigenvalue weighted by molar-refractivity contribution is 7.62. The van der Waals surface area contributed by atoms with Gasteiger partial charge in [-0.1, -0.05) is 392 Å². The van der Waals surface area contributed by atoms with Crippen LogP contribution >= 0.6 is 37.7 Å². The molecular weight excluding hydrogens is 2070 g/mol. The molecule has 0 amide bonds. The number of ether oxygens (including phenoxy) is 6. The summed E-state index contributed by atoms with van der Waals surface area (Å²) in [5.74, 6) is -31.0. The van der Waals surface area contributed by atoms with Gasteiger partial charge in [-0.3, -0.25) is 18.3 Å². The molecular formula is C109H186F15O20P5. The van der Waals surface area contributed by atoms with Crippen molar-refractivity contribution in [3.8, 4) is 5.75 Å². The van der Waals surface area contributed by atoms with Gasteiger partial charge in [0.25, 0.3) is 0 Å². The van der Waals surface area contributed by atoms with Crippen LogP contribution in [0, 0.1) is 87.3 Å². The summed E-state index contributed by atoms with van der Waals surface area (Å²) < 4.78 is 273. The third kappa shape index (κ3) is 85.3. The van der Waals surface area contributed by atoms with E-state index in [1.165, 1.54) is 133 Å². The van der Waals surface area contributed by atoms with Crippen molar-refractivity contribution in [3.63, 3.8) is 0 Å². The van der Waals surface area contributed by atoms with Crippen molar-refractivity contribution in [1.82, 2.24) is 0 Å². The third-order valence-electron chi connectivity index (χ3n) is 23.9. The van der Waals surface area contributed by atoms with Gasteiger partial charge in [0.15, 0.2) is 52.3 Å². The molecule has 0 aliphatic heterocycles. The van der Waals surface area contributed by atoms with Crippen LogP contribution in [0.15, 0.2) is 60.7 Å². The molecule has 0 fully saturated rings. The second-order valence-electron chi connectivity index (χ2n) is 37.3. The summed E-state index contributed by atoms with van der Waals surface area (Å²) >= 11 is 0. The fourth-order valence-corrected chi connectivity index (χ4v) is 18.8. The number of hydrogen-bond donors (Lipinski definition) is 10. The van der Waals surface area contributed by atoms with Gasteiger partial charge >= 0.3 is 30.4 Å². The second-order valence-corrected chi connectivity index (χ2v) is 46.6. The highest BCUT2D eigenvalue weighted by Gasteiger charge is 2.30. The molecule has 149 heavy (non-hydrogen) atoms. The Bertz CT molecular complexity index is 4240. The summed E-state index contributed by atoms with van der Waals surface area (Å²) in [7, 11) is -18.2. The van der Waals surface area contributed by atoms with Gasteiger partial charge in [0.1, 0.15) is 7.34 Å². The van der Waals surface area contributed by atoms with Gasteiger partial charge in [-0.05, 0) is 88.2 Å². The van der Waals surface area contributed by atoms with Gasteiger partial charge < -0.3 is 77.4 Å². The maximum atomic E-state index is 13.5. The molecule has 5 aromatic rings. The second kappa shape index (κ2) is 94.6. The van der Waals surface area contributed by atoms with E-state index in [4.69, 9.17) is 77.4 Å². The van der Waals surface area contributed by atoms with E-state index in [0.717, 1.165) is 239 Å². The molecule has 0 atom stereocenters.